The minimum atomic E-state index is -1.08. The largest absolute Gasteiger partial charge is 0.478 e. The van der Waals surface area contributed by atoms with Gasteiger partial charge in [0.25, 0.3) is 0 Å². The molecular formula is C40H22Br4O8. The molecule has 258 valence electrons. The van der Waals surface area contributed by atoms with E-state index < -0.39 is 23.9 Å². The van der Waals surface area contributed by atoms with Crippen molar-refractivity contribution in [2.75, 3.05) is 0 Å². The lowest BCUT2D eigenvalue weighted by atomic mass is 9.89. The SMILES string of the molecule is O=C(O)c1ccc(-c2cc(-c3cc(-c4ccc(C(=O)O)c(Br)c4)cc(-c4ccc(C(=O)O)c(Br)c4)c3)cc(-c3ccc(C(=O)O)c(Br)c3)c2)cc1Br. The molecule has 0 atom stereocenters. The number of carboxylic acids is 4. The van der Waals surface area contributed by atoms with Crippen molar-refractivity contribution in [2.45, 2.75) is 0 Å². The van der Waals surface area contributed by atoms with Crippen molar-refractivity contribution < 1.29 is 39.6 Å². The lowest BCUT2D eigenvalue weighted by Crippen LogP contribution is -1.98. The third-order valence-corrected chi connectivity index (χ3v) is 11.0. The van der Waals surface area contributed by atoms with Crippen LogP contribution in [0.1, 0.15) is 41.4 Å². The Balaban J connectivity index is 1.61. The first-order valence-corrected chi connectivity index (χ1v) is 18.3. The Morgan fingerprint density at radius 3 is 0.615 bits per heavy atom. The molecule has 0 aromatic heterocycles. The normalized spacial score (nSPS) is 10.9. The highest BCUT2D eigenvalue weighted by Crippen LogP contribution is 2.40. The number of hydrogen-bond donors (Lipinski definition) is 4. The summed E-state index contributed by atoms with van der Waals surface area (Å²) >= 11 is 13.6. The summed E-state index contributed by atoms with van der Waals surface area (Å²) in [5.74, 6) is -4.31. The third kappa shape index (κ3) is 7.65. The zero-order valence-electron chi connectivity index (χ0n) is 26.3. The number of hydrogen-bond acceptors (Lipinski definition) is 4. The van der Waals surface area contributed by atoms with E-state index in [4.69, 9.17) is 0 Å². The summed E-state index contributed by atoms with van der Waals surface area (Å²) in [4.78, 5) is 47.0. The zero-order chi connectivity index (χ0) is 37.4. The molecule has 8 nitrogen and oxygen atoms in total. The summed E-state index contributed by atoms with van der Waals surface area (Å²) in [7, 11) is 0. The quantitative estimate of drug-likeness (QED) is 0.112. The molecule has 0 aliphatic rings. The molecule has 0 bridgehead atoms. The summed E-state index contributed by atoms with van der Waals surface area (Å²) in [6.45, 7) is 0. The van der Waals surface area contributed by atoms with Gasteiger partial charge in [0.15, 0.2) is 0 Å². The van der Waals surface area contributed by atoms with Gasteiger partial charge < -0.3 is 20.4 Å². The molecule has 0 aliphatic carbocycles. The van der Waals surface area contributed by atoms with Crippen LogP contribution in [-0.2, 0) is 0 Å². The number of carboxylic acid groups (broad SMARTS) is 4. The van der Waals surface area contributed by atoms with E-state index in [0.29, 0.717) is 17.9 Å². The van der Waals surface area contributed by atoms with Gasteiger partial charge in [0.1, 0.15) is 0 Å². The van der Waals surface area contributed by atoms with E-state index in [-0.39, 0.29) is 22.3 Å². The Labute approximate surface area is 329 Å². The number of halogens is 4. The zero-order valence-corrected chi connectivity index (χ0v) is 32.7. The Hall–Kier alpha value is -4.88. The molecule has 0 heterocycles. The van der Waals surface area contributed by atoms with Crippen molar-refractivity contribution in [2.24, 2.45) is 0 Å². The Morgan fingerprint density at radius 1 is 0.288 bits per heavy atom. The van der Waals surface area contributed by atoms with Gasteiger partial charge in [-0.05, 0) is 204 Å². The van der Waals surface area contributed by atoms with Gasteiger partial charge in [0.2, 0.25) is 0 Å². The molecular weight excluding hydrogens is 928 g/mol. The number of benzene rings is 6. The van der Waals surface area contributed by atoms with Crippen LogP contribution in [0, 0.1) is 0 Å². The van der Waals surface area contributed by atoms with E-state index in [1.807, 2.05) is 36.4 Å². The van der Waals surface area contributed by atoms with E-state index >= 15 is 0 Å². The van der Waals surface area contributed by atoms with Crippen LogP contribution in [0.5, 0.6) is 0 Å². The summed E-state index contributed by atoms with van der Waals surface area (Å²) in [6.07, 6.45) is 0. The van der Waals surface area contributed by atoms with Gasteiger partial charge in [-0.1, -0.05) is 24.3 Å². The maximum atomic E-state index is 11.8. The monoisotopic (exact) mass is 946 g/mol. The molecule has 0 amide bonds. The lowest BCUT2D eigenvalue weighted by molar-refractivity contribution is 0.0685. The summed E-state index contributed by atoms with van der Waals surface area (Å²) < 4.78 is 1.59. The summed E-state index contributed by atoms with van der Waals surface area (Å²) in [5, 5.41) is 38.5. The van der Waals surface area contributed by atoms with Crippen LogP contribution in [0.2, 0.25) is 0 Å². The minimum Gasteiger partial charge on any atom is -0.478 e. The molecule has 6 rings (SSSR count). The standard InChI is InChI=1S/C40H22Br4O8/c41-33-15-19(1-5-29(33)37(45)46)23-9-24(20-2-6-30(38(47)48)34(42)16-20)12-27(11-23)28-13-25(21-3-7-31(39(49)50)35(43)17-21)10-26(14-28)22-4-8-32(40(51)52)36(44)18-22/h1-18H,(H,45,46)(H,47,48)(H,49,50)(H,51,52). The summed E-state index contributed by atoms with van der Waals surface area (Å²) in [6, 6.07) is 31.5. The van der Waals surface area contributed by atoms with Gasteiger partial charge in [-0.3, -0.25) is 0 Å². The third-order valence-electron chi connectivity index (χ3n) is 8.33. The molecule has 6 aromatic carbocycles. The Kier molecular flexibility index (Phi) is 10.6. The molecule has 0 saturated carbocycles. The first-order valence-electron chi connectivity index (χ1n) is 15.1. The van der Waals surface area contributed by atoms with Crippen LogP contribution in [0.25, 0.3) is 55.6 Å². The van der Waals surface area contributed by atoms with Crippen molar-refractivity contribution >= 4 is 87.6 Å². The molecule has 52 heavy (non-hydrogen) atoms. The molecule has 6 aromatic rings. The fourth-order valence-corrected chi connectivity index (χ4v) is 7.92. The fourth-order valence-electron chi connectivity index (χ4n) is 5.73. The second kappa shape index (κ2) is 15.0. The average molecular weight is 950 g/mol. The highest BCUT2D eigenvalue weighted by Gasteiger charge is 2.17. The molecule has 0 fully saturated rings. The average Bonchev–Trinajstić information content (AvgIpc) is 3.10. The molecule has 0 saturated heterocycles. The van der Waals surface area contributed by atoms with Gasteiger partial charge in [-0.2, -0.15) is 0 Å². The molecule has 0 spiro atoms. The van der Waals surface area contributed by atoms with Crippen molar-refractivity contribution in [1.82, 2.24) is 0 Å². The maximum absolute atomic E-state index is 11.8. The molecule has 0 radical (unpaired) electrons. The Morgan fingerprint density at radius 2 is 0.462 bits per heavy atom. The lowest BCUT2D eigenvalue weighted by Gasteiger charge is -2.16. The van der Waals surface area contributed by atoms with E-state index in [1.54, 1.807) is 48.5 Å². The first-order chi connectivity index (χ1) is 24.7. The van der Waals surface area contributed by atoms with Crippen molar-refractivity contribution in [3.8, 4) is 55.6 Å². The Bertz CT molecular complexity index is 2160. The highest BCUT2D eigenvalue weighted by molar-refractivity contribution is 9.11. The van der Waals surface area contributed by atoms with Crippen LogP contribution in [0.3, 0.4) is 0 Å². The van der Waals surface area contributed by atoms with E-state index in [0.717, 1.165) is 55.6 Å². The number of rotatable bonds is 9. The van der Waals surface area contributed by atoms with Crippen LogP contribution < -0.4 is 0 Å². The van der Waals surface area contributed by atoms with E-state index in [9.17, 15) is 39.6 Å². The van der Waals surface area contributed by atoms with Gasteiger partial charge >= 0.3 is 23.9 Å². The van der Waals surface area contributed by atoms with Gasteiger partial charge in [-0.15, -0.1) is 0 Å². The molecule has 4 N–H and O–H groups in total. The van der Waals surface area contributed by atoms with Crippen molar-refractivity contribution in [1.29, 1.82) is 0 Å². The fraction of sp³-hybridized carbons (Fsp3) is 0. The number of aromatic carboxylic acids is 4. The predicted octanol–water partition coefficient (Wildman–Crippen LogP) is 11.9. The van der Waals surface area contributed by atoms with Crippen LogP contribution in [0.4, 0.5) is 0 Å². The van der Waals surface area contributed by atoms with Gasteiger partial charge in [-0.25, -0.2) is 19.2 Å². The van der Waals surface area contributed by atoms with Crippen LogP contribution in [0.15, 0.2) is 127 Å². The maximum Gasteiger partial charge on any atom is 0.336 e. The van der Waals surface area contributed by atoms with Gasteiger partial charge in [0, 0.05) is 17.9 Å². The molecule has 0 unspecified atom stereocenters. The second-order valence-corrected chi connectivity index (χ2v) is 15.0. The van der Waals surface area contributed by atoms with E-state index in [2.05, 4.69) is 63.7 Å². The molecule has 12 heteroatoms. The topological polar surface area (TPSA) is 149 Å². The summed E-state index contributed by atoms with van der Waals surface area (Å²) in [5.41, 5.74) is 7.81. The number of carbonyl (C=O) groups is 4. The highest BCUT2D eigenvalue weighted by atomic mass is 79.9. The van der Waals surface area contributed by atoms with Crippen molar-refractivity contribution in [3.63, 3.8) is 0 Å². The van der Waals surface area contributed by atoms with Crippen LogP contribution >= 0.6 is 63.7 Å². The smallest absolute Gasteiger partial charge is 0.336 e. The predicted molar refractivity (Wildman–Crippen MR) is 212 cm³/mol. The van der Waals surface area contributed by atoms with Gasteiger partial charge in [0.05, 0.1) is 22.3 Å². The first kappa shape index (κ1) is 36.9. The van der Waals surface area contributed by atoms with E-state index in [1.165, 1.54) is 24.3 Å². The minimum absolute atomic E-state index is 0.103. The second-order valence-electron chi connectivity index (χ2n) is 11.6. The molecule has 0 aliphatic heterocycles. The van der Waals surface area contributed by atoms with Crippen LogP contribution in [-0.4, -0.2) is 44.3 Å². The van der Waals surface area contributed by atoms with Crippen molar-refractivity contribution in [3.05, 3.63) is 149 Å².